The van der Waals surface area contributed by atoms with Crippen LogP contribution in [0.4, 0.5) is 0 Å². The smallest absolute Gasteiger partial charge is 0.251 e. The second-order valence-corrected chi connectivity index (χ2v) is 6.80. The van der Waals surface area contributed by atoms with Gasteiger partial charge in [-0.2, -0.15) is 0 Å². The van der Waals surface area contributed by atoms with Gasteiger partial charge in [0.05, 0.1) is 38.8 Å². The predicted octanol–water partition coefficient (Wildman–Crippen LogP) is 4.45. The summed E-state index contributed by atoms with van der Waals surface area (Å²) in [5.41, 5.74) is 2.80. The van der Waals surface area contributed by atoms with Gasteiger partial charge in [0.25, 0.3) is 5.91 Å². The fourth-order valence-corrected chi connectivity index (χ4v) is 3.40. The topological polar surface area (TPSA) is 82.8 Å². The van der Waals surface area contributed by atoms with E-state index in [1.807, 2.05) is 30.3 Å². The van der Waals surface area contributed by atoms with E-state index in [9.17, 15) is 4.79 Å². The molecule has 0 fully saturated rings. The number of fused-ring (bicyclic) bond motifs is 1. The first-order chi connectivity index (χ1) is 15.1. The molecule has 1 heterocycles. The standard InChI is InChI=1S/C24H22N2O5/c1-28-17-12-21(29-2)19(22(13-17)30-3)14-25-24(27)16-9-10-20-18(11-16)23(31-26-20)15-7-5-4-6-8-15/h4-13H,14H2,1-3H3,(H,25,27). The van der Waals surface area contributed by atoms with Gasteiger partial charge in [-0.3, -0.25) is 4.79 Å². The molecular weight excluding hydrogens is 396 g/mol. The van der Waals surface area contributed by atoms with Crippen LogP contribution in [0.1, 0.15) is 15.9 Å². The molecule has 0 saturated heterocycles. The Kier molecular flexibility index (Phi) is 5.75. The molecule has 0 bridgehead atoms. The van der Waals surface area contributed by atoms with Crippen LogP contribution in [0.15, 0.2) is 65.2 Å². The van der Waals surface area contributed by atoms with Gasteiger partial charge >= 0.3 is 0 Å². The molecule has 7 heteroatoms. The van der Waals surface area contributed by atoms with Crippen LogP contribution in [0.2, 0.25) is 0 Å². The monoisotopic (exact) mass is 418 g/mol. The summed E-state index contributed by atoms with van der Waals surface area (Å²) in [7, 11) is 4.69. The first kappa shape index (κ1) is 20.3. The number of nitrogens with one attached hydrogen (secondary N) is 1. The van der Waals surface area contributed by atoms with Gasteiger partial charge in [0, 0.05) is 23.3 Å². The summed E-state index contributed by atoms with van der Waals surface area (Å²) in [4.78, 5) is 12.9. The molecule has 0 unspecified atom stereocenters. The molecule has 158 valence electrons. The number of benzene rings is 3. The predicted molar refractivity (Wildman–Crippen MR) is 117 cm³/mol. The first-order valence-electron chi connectivity index (χ1n) is 9.66. The molecule has 0 radical (unpaired) electrons. The van der Waals surface area contributed by atoms with Crippen LogP contribution >= 0.6 is 0 Å². The molecule has 31 heavy (non-hydrogen) atoms. The number of hydrogen-bond acceptors (Lipinski definition) is 6. The number of hydrogen-bond donors (Lipinski definition) is 1. The van der Waals surface area contributed by atoms with Gasteiger partial charge in [-0.15, -0.1) is 0 Å². The molecule has 0 aliphatic carbocycles. The van der Waals surface area contributed by atoms with Gasteiger partial charge in [0.2, 0.25) is 0 Å². The molecule has 4 rings (SSSR count). The van der Waals surface area contributed by atoms with E-state index in [0.717, 1.165) is 16.5 Å². The van der Waals surface area contributed by atoms with E-state index in [1.165, 1.54) is 0 Å². The van der Waals surface area contributed by atoms with Crippen LogP contribution in [-0.4, -0.2) is 32.4 Å². The number of carbonyl (C=O) groups is 1. The molecule has 0 aliphatic rings. The van der Waals surface area contributed by atoms with Crippen molar-refractivity contribution in [3.05, 3.63) is 71.8 Å². The summed E-state index contributed by atoms with van der Waals surface area (Å²) in [6.07, 6.45) is 0. The zero-order valence-corrected chi connectivity index (χ0v) is 17.5. The molecular formula is C24H22N2O5. The van der Waals surface area contributed by atoms with Crippen molar-refractivity contribution in [1.29, 1.82) is 0 Å². The zero-order valence-electron chi connectivity index (χ0n) is 17.5. The van der Waals surface area contributed by atoms with Crippen molar-refractivity contribution >= 4 is 16.8 Å². The molecule has 1 aromatic heterocycles. The highest BCUT2D eigenvalue weighted by Crippen LogP contribution is 2.34. The van der Waals surface area contributed by atoms with Gasteiger partial charge in [-0.05, 0) is 18.2 Å². The number of methoxy groups -OCH3 is 3. The summed E-state index contributed by atoms with van der Waals surface area (Å²) < 4.78 is 21.7. The Morgan fingerprint density at radius 1 is 0.935 bits per heavy atom. The fourth-order valence-electron chi connectivity index (χ4n) is 3.40. The maximum absolute atomic E-state index is 12.9. The van der Waals surface area contributed by atoms with Gasteiger partial charge in [0.1, 0.15) is 22.8 Å². The lowest BCUT2D eigenvalue weighted by molar-refractivity contribution is 0.0950. The summed E-state index contributed by atoms with van der Waals surface area (Å²) in [6.45, 7) is 0.225. The van der Waals surface area contributed by atoms with Gasteiger partial charge in [-0.25, -0.2) is 0 Å². The Morgan fingerprint density at radius 2 is 1.65 bits per heavy atom. The third-order valence-electron chi connectivity index (χ3n) is 5.02. The number of carbonyl (C=O) groups excluding carboxylic acids is 1. The minimum Gasteiger partial charge on any atom is -0.496 e. The summed E-state index contributed by atoms with van der Waals surface area (Å²) >= 11 is 0. The largest absolute Gasteiger partial charge is 0.496 e. The summed E-state index contributed by atoms with van der Waals surface area (Å²) in [5.74, 6) is 2.13. The third-order valence-corrected chi connectivity index (χ3v) is 5.02. The van der Waals surface area contributed by atoms with Crippen molar-refractivity contribution in [1.82, 2.24) is 10.5 Å². The highest BCUT2D eigenvalue weighted by molar-refractivity contribution is 6.01. The number of aromatic nitrogens is 1. The molecule has 7 nitrogen and oxygen atoms in total. The van der Waals surface area contributed by atoms with Gasteiger partial charge < -0.3 is 24.1 Å². The second kappa shape index (κ2) is 8.79. The SMILES string of the molecule is COc1cc(OC)c(CNC(=O)c2ccc3noc(-c4ccccc4)c3c2)c(OC)c1. The molecule has 0 aliphatic heterocycles. The minimum absolute atomic E-state index is 0.225. The lowest BCUT2D eigenvalue weighted by Crippen LogP contribution is -2.23. The molecule has 0 spiro atoms. The maximum Gasteiger partial charge on any atom is 0.251 e. The Bertz CT molecular complexity index is 1190. The molecule has 1 N–H and O–H groups in total. The Labute approximate surface area is 179 Å². The average Bonchev–Trinajstić information content (AvgIpc) is 3.25. The van der Waals surface area contributed by atoms with E-state index < -0.39 is 0 Å². The van der Waals surface area contributed by atoms with Crippen molar-refractivity contribution in [3.8, 4) is 28.6 Å². The van der Waals surface area contributed by atoms with E-state index >= 15 is 0 Å². The second-order valence-electron chi connectivity index (χ2n) is 6.80. The van der Waals surface area contributed by atoms with Crippen LogP contribution < -0.4 is 19.5 Å². The lowest BCUT2D eigenvalue weighted by Gasteiger charge is -2.15. The average molecular weight is 418 g/mol. The number of rotatable bonds is 7. The Morgan fingerprint density at radius 3 is 2.29 bits per heavy atom. The summed E-state index contributed by atoms with van der Waals surface area (Å²) in [6, 6.07) is 18.4. The fraction of sp³-hybridized carbons (Fsp3) is 0.167. The van der Waals surface area contributed by atoms with E-state index in [0.29, 0.717) is 34.1 Å². The molecule has 0 saturated carbocycles. The van der Waals surface area contributed by atoms with Crippen molar-refractivity contribution in [2.75, 3.05) is 21.3 Å². The van der Waals surface area contributed by atoms with E-state index in [4.69, 9.17) is 18.7 Å². The van der Waals surface area contributed by atoms with Crippen molar-refractivity contribution < 1.29 is 23.5 Å². The van der Waals surface area contributed by atoms with Crippen LogP contribution in [0.25, 0.3) is 22.2 Å². The van der Waals surface area contributed by atoms with Crippen LogP contribution in [0, 0.1) is 0 Å². The Hall–Kier alpha value is -4.00. The number of amides is 1. The van der Waals surface area contributed by atoms with Crippen LogP contribution in [-0.2, 0) is 6.54 Å². The minimum atomic E-state index is -0.234. The Balaban J connectivity index is 1.60. The molecule has 4 aromatic rings. The zero-order chi connectivity index (χ0) is 21.8. The van der Waals surface area contributed by atoms with Crippen LogP contribution in [0.5, 0.6) is 17.2 Å². The van der Waals surface area contributed by atoms with E-state index in [1.54, 1.807) is 51.7 Å². The number of nitrogens with zero attached hydrogens (tertiary/aromatic N) is 1. The molecule has 0 atom stereocenters. The van der Waals surface area contributed by atoms with Crippen molar-refractivity contribution in [3.63, 3.8) is 0 Å². The van der Waals surface area contributed by atoms with Gasteiger partial charge in [-0.1, -0.05) is 35.5 Å². The molecule has 1 amide bonds. The van der Waals surface area contributed by atoms with Crippen LogP contribution in [0.3, 0.4) is 0 Å². The maximum atomic E-state index is 12.9. The lowest BCUT2D eigenvalue weighted by atomic mass is 10.1. The van der Waals surface area contributed by atoms with Gasteiger partial charge in [0.15, 0.2) is 5.76 Å². The van der Waals surface area contributed by atoms with E-state index in [-0.39, 0.29) is 12.5 Å². The van der Waals surface area contributed by atoms with E-state index in [2.05, 4.69) is 10.5 Å². The van der Waals surface area contributed by atoms with Crippen molar-refractivity contribution in [2.45, 2.75) is 6.54 Å². The highest BCUT2D eigenvalue weighted by Gasteiger charge is 2.17. The summed E-state index contributed by atoms with van der Waals surface area (Å²) in [5, 5.41) is 7.80. The quantitative estimate of drug-likeness (QED) is 0.477. The first-order valence-corrected chi connectivity index (χ1v) is 9.66. The normalized spacial score (nSPS) is 10.7. The highest BCUT2D eigenvalue weighted by atomic mass is 16.5. The van der Waals surface area contributed by atoms with Crippen molar-refractivity contribution in [2.24, 2.45) is 0 Å². The number of ether oxygens (including phenoxy) is 3. The third kappa shape index (κ3) is 4.02. The molecule has 3 aromatic carbocycles.